The van der Waals surface area contributed by atoms with Crippen molar-refractivity contribution in [2.24, 2.45) is 0 Å². The van der Waals surface area contributed by atoms with Gasteiger partial charge in [-0.1, -0.05) is 200 Å². The van der Waals surface area contributed by atoms with E-state index in [4.69, 9.17) is 0 Å². The number of nitrogens with zero attached hydrogens (tertiary/aromatic N) is 2. The second-order valence-electron chi connectivity index (χ2n) is 16.0. The van der Waals surface area contributed by atoms with Gasteiger partial charge >= 0.3 is 0 Å². The monoisotopic (exact) mass is 788 g/mol. The minimum atomic E-state index is 1.12. The number of hydrogen-bond acceptors (Lipinski definition) is 0. The molecule has 0 radical (unpaired) electrons. The van der Waals surface area contributed by atoms with Crippen LogP contribution >= 0.6 is 0 Å². The lowest BCUT2D eigenvalue weighted by atomic mass is 9.95. The van der Waals surface area contributed by atoms with Gasteiger partial charge in [-0.3, -0.25) is 0 Å². The quantitative estimate of drug-likeness (QED) is 0.152. The van der Waals surface area contributed by atoms with Gasteiger partial charge in [0.15, 0.2) is 0 Å². The van der Waals surface area contributed by atoms with Crippen molar-refractivity contribution >= 4 is 43.6 Å². The molecule has 12 rings (SSSR count). The summed E-state index contributed by atoms with van der Waals surface area (Å²) in [7, 11) is 0. The molecule has 2 aromatic heterocycles. The molecule has 0 atom stereocenters. The molecule has 2 heterocycles. The van der Waals surface area contributed by atoms with Gasteiger partial charge in [0.1, 0.15) is 0 Å². The topological polar surface area (TPSA) is 9.86 Å². The van der Waals surface area contributed by atoms with Crippen LogP contribution in [0.1, 0.15) is 0 Å². The highest BCUT2D eigenvalue weighted by molar-refractivity contribution is 6.22. The molecule has 0 N–H and O–H groups in total. The molecule has 0 aliphatic carbocycles. The van der Waals surface area contributed by atoms with Crippen LogP contribution in [0.25, 0.3) is 111 Å². The Bertz CT molecular complexity index is 3390. The average Bonchev–Trinajstić information content (AvgIpc) is 3.89. The molecule has 2 nitrogen and oxygen atoms in total. The van der Waals surface area contributed by atoms with Crippen LogP contribution in [0.15, 0.2) is 243 Å². The van der Waals surface area contributed by atoms with E-state index in [1.165, 1.54) is 93.7 Å². The van der Waals surface area contributed by atoms with Crippen molar-refractivity contribution in [3.63, 3.8) is 0 Å². The molecule has 0 unspecified atom stereocenters. The predicted octanol–water partition coefficient (Wildman–Crippen LogP) is 16.2. The van der Waals surface area contributed by atoms with Gasteiger partial charge in [0.05, 0.1) is 27.8 Å². The number of para-hydroxylation sites is 1. The summed E-state index contributed by atoms with van der Waals surface area (Å²) < 4.78 is 4.93. The Kier molecular flexibility index (Phi) is 8.53. The van der Waals surface area contributed by atoms with E-state index >= 15 is 0 Å². The number of benzene rings is 10. The molecular formula is C60H40N2. The summed E-state index contributed by atoms with van der Waals surface area (Å²) in [6.45, 7) is 0. The third kappa shape index (κ3) is 5.73. The Labute approximate surface area is 360 Å². The lowest BCUT2D eigenvalue weighted by molar-refractivity contribution is 1.17. The van der Waals surface area contributed by atoms with Crippen molar-refractivity contribution in [2.75, 3.05) is 0 Å². The number of fused-ring (bicyclic) bond motifs is 6. The van der Waals surface area contributed by atoms with Crippen molar-refractivity contribution < 1.29 is 0 Å². The first-order chi connectivity index (χ1) is 30.8. The van der Waals surface area contributed by atoms with Crippen LogP contribution in [-0.2, 0) is 0 Å². The van der Waals surface area contributed by atoms with Gasteiger partial charge < -0.3 is 9.13 Å². The van der Waals surface area contributed by atoms with Gasteiger partial charge in [-0.15, -0.1) is 0 Å². The summed E-state index contributed by atoms with van der Waals surface area (Å²) in [5.41, 5.74) is 19.1. The minimum absolute atomic E-state index is 1.12. The Morgan fingerprint density at radius 3 is 0.855 bits per heavy atom. The van der Waals surface area contributed by atoms with Crippen molar-refractivity contribution in [1.82, 2.24) is 9.13 Å². The predicted molar refractivity (Wildman–Crippen MR) is 262 cm³/mol. The molecule has 2 heteroatoms. The van der Waals surface area contributed by atoms with Crippen molar-refractivity contribution in [2.45, 2.75) is 0 Å². The average molecular weight is 789 g/mol. The fourth-order valence-corrected chi connectivity index (χ4v) is 9.89. The van der Waals surface area contributed by atoms with Crippen molar-refractivity contribution in [3.05, 3.63) is 243 Å². The third-order valence-electron chi connectivity index (χ3n) is 12.6. The molecule has 0 bridgehead atoms. The molecule has 0 spiro atoms. The smallest absolute Gasteiger partial charge is 0.0547 e. The highest BCUT2D eigenvalue weighted by Gasteiger charge is 2.22. The standard InChI is InChI=1S/C60H40N2/c1-5-19-41(20-6-1)48-28-15-33-53-57(48)58-49(42-21-7-2-8-22-42)29-16-34-54(58)61(53)46-39-37-45(38-40-46)47-27-13-14-32-52(47)62-55-35-17-30-50(43-23-9-3-10-24-43)59(55)60-51(31-18-36-56(60)62)44-25-11-4-12-26-44/h1-40H. The van der Waals surface area contributed by atoms with E-state index < -0.39 is 0 Å². The first-order valence-electron chi connectivity index (χ1n) is 21.4. The first kappa shape index (κ1) is 35.7. The van der Waals surface area contributed by atoms with E-state index in [1.807, 2.05) is 0 Å². The fraction of sp³-hybridized carbons (Fsp3) is 0. The largest absolute Gasteiger partial charge is 0.309 e. The Hall–Kier alpha value is -8.20. The summed E-state index contributed by atoms with van der Waals surface area (Å²) in [5.74, 6) is 0. The van der Waals surface area contributed by atoms with E-state index in [0.29, 0.717) is 0 Å². The van der Waals surface area contributed by atoms with Gasteiger partial charge in [0.25, 0.3) is 0 Å². The molecule has 12 aromatic rings. The summed E-state index contributed by atoms with van der Waals surface area (Å²) in [6.07, 6.45) is 0. The molecule has 0 fully saturated rings. The molecule has 0 aliphatic heterocycles. The molecular weight excluding hydrogens is 749 g/mol. The Morgan fingerprint density at radius 1 is 0.194 bits per heavy atom. The highest BCUT2D eigenvalue weighted by atomic mass is 15.0. The highest BCUT2D eigenvalue weighted by Crippen LogP contribution is 2.46. The lowest BCUT2D eigenvalue weighted by Crippen LogP contribution is -1.98. The van der Waals surface area contributed by atoms with Crippen LogP contribution < -0.4 is 0 Å². The summed E-state index contributed by atoms with van der Waals surface area (Å²) in [6, 6.07) is 88.2. The van der Waals surface area contributed by atoms with Gasteiger partial charge in [-0.05, 0) is 92.5 Å². The van der Waals surface area contributed by atoms with Crippen LogP contribution in [0, 0.1) is 0 Å². The number of hydrogen-bond donors (Lipinski definition) is 0. The van der Waals surface area contributed by atoms with Crippen LogP contribution in [-0.4, -0.2) is 9.13 Å². The zero-order valence-electron chi connectivity index (χ0n) is 34.0. The van der Waals surface area contributed by atoms with Crippen molar-refractivity contribution in [1.29, 1.82) is 0 Å². The maximum absolute atomic E-state index is 2.48. The van der Waals surface area contributed by atoms with E-state index in [9.17, 15) is 0 Å². The van der Waals surface area contributed by atoms with Crippen LogP contribution in [0.5, 0.6) is 0 Å². The van der Waals surface area contributed by atoms with E-state index in [2.05, 4.69) is 252 Å². The van der Waals surface area contributed by atoms with Gasteiger partial charge in [0, 0.05) is 32.8 Å². The minimum Gasteiger partial charge on any atom is -0.309 e. The zero-order chi connectivity index (χ0) is 41.0. The molecule has 10 aromatic carbocycles. The van der Waals surface area contributed by atoms with E-state index in [-0.39, 0.29) is 0 Å². The first-order valence-corrected chi connectivity index (χ1v) is 21.4. The zero-order valence-corrected chi connectivity index (χ0v) is 34.0. The molecule has 0 amide bonds. The number of rotatable bonds is 7. The van der Waals surface area contributed by atoms with Gasteiger partial charge in [-0.25, -0.2) is 0 Å². The molecule has 0 saturated heterocycles. The summed E-state index contributed by atoms with van der Waals surface area (Å²) in [5, 5.41) is 5.04. The van der Waals surface area contributed by atoms with Crippen LogP contribution in [0.3, 0.4) is 0 Å². The number of aromatic nitrogens is 2. The second kappa shape index (κ2) is 14.8. The summed E-state index contributed by atoms with van der Waals surface area (Å²) >= 11 is 0. The molecule has 290 valence electrons. The Balaban J connectivity index is 1.06. The lowest BCUT2D eigenvalue weighted by Gasteiger charge is -2.15. The van der Waals surface area contributed by atoms with Gasteiger partial charge in [0.2, 0.25) is 0 Å². The van der Waals surface area contributed by atoms with E-state index in [0.717, 1.165) is 16.9 Å². The SMILES string of the molecule is c1ccc(-c2cccc3c2c2c(-c4ccccc4)cccc2n3-c2ccc(-c3ccccc3-n3c4cccc(-c5ccccc5)c4c4c(-c5ccccc5)cccc43)cc2)cc1. The third-order valence-corrected chi connectivity index (χ3v) is 12.6. The van der Waals surface area contributed by atoms with Crippen LogP contribution in [0.4, 0.5) is 0 Å². The maximum Gasteiger partial charge on any atom is 0.0547 e. The van der Waals surface area contributed by atoms with E-state index in [1.54, 1.807) is 0 Å². The molecule has 0 aliphatic rings. The maximum atomic E-state index is 2.48. The van der Waals surface area contributed by atoms with Crippen molar-refractivity contribution in [3.8, 4) is 67.0 Å². The fourth-order valence-electron chi connectivity index (χ4n) is 9.89. The molecule has 0 saturated carbocycles. The summed E-state index contributed by atoms with van der Waals surface area (Å²) in [4.78, 5) is 0. The van der Waals surface area contributed by atoms with Crippen LogP contribution in [0.2, 0.25) is 0 Å². The van der Waals surface area contributed by atoms with Gasteiger partial charge in [-0.2, -0.15) is 0 Å². The normalized spacial score (nSPS) is 11.5. The molecule has 62 heavy (non-hydrogen) atoms. The second-order valence-corrected chi connectivity index (χ2v) is 16.0. The Morgan fingerprint density at radius 2 is 0.484 bits per heavy atom.